The van der Waals surface area contributed by atoms with Crippen molar-refractivity contribution in [2.24, 2.45) is 0 Å². The zero-order chi connectivity index (χ0) is 29.1. The molecule has 0 spiro atoms. The van der Waals surface area contributed by atoms with Crippen molar-refractivity contribution in [2.75, 3.05) is 16.4 Å². The number of rotatable bonds is 8. The molecule has 41 heavy (non-hydrogen) atoms. The number of anilines is 2. The summed E-state index contributed by atoms with van der Waals surface area (Å²) in [5.41, 5.74) is 6.60. The quantitative estimate of drug-likeness (QED) is 0.215. The van der Waals surface area contributed by atoms with Gasteiger partial charge in [0.1, 0.15) is 18.4 Å². The molecule has 3 aromatic carbocycles. The van der Waals surface area contributed by atoms with Gasteiger partial charge in [-0.25, -0.2) is 4.68 Å². The number of aryl methyl sites for hydroxylation is 1. The predicted octanol–water partition coefficient (Wildman–Crippen LogP) is 7.50. The van der Waals surface area contributed by atoms with Crippen molar-refractivity contribution in [3.05, 3.63) is 106 Å². The highest BCUT2D eigenvalue weighted by atomic mass is 32.2. The van der Waals surface area contributed by atoms with Crippen LogP contribution in [-0.4, -0.2) is 26.4 Å². The zero-order valence-electron chi connectivity index (χ0n) is 24.5. The molecular weight excluding hydrogens is 530 g/mol. The van der Waals surface area contributed by atoms with Gasteiger partial charge in [-0.15, -0.1) is 5.10 Å². The summed E-state index contributed by atoms with van der Waals surface area (Å²) in [6.07, 6.45) is 0. The molecule has 0 bridgehead atoms. The van der Waals surface area contributed by atoms with Gasteiger partial charge in [0.25, 0.3) is 5.91 Å². The lowest BCUT2D eigenvalue weighted by Crippen LogP contribution is -2.31. The highest BCUT2D eigenvalue weighted by molar-refractivity contribution is 7.99. The normalized spacial score (nSPS) is 14.8. The number of nitrogens with zero attached hydrogens (tertiary/aromatic N) is 3. The molecule has 0 aliphatic carbocycles. The Kier molecular flexibility index (Phi) is 8.22. The summed E-state index contributed by atoms with van der Waals surface area (Å²) in [4.78, 5) is 18.4. The Morgan fingerprint density at radius 1 is 1.05 bits per heavy atom. The number of carbonyl (C=O) groups excluding carboxylic acids is 1. The van der Waals surface area contributed by atoms with Crippen molar-refractivity contribution in [3.8, 4) is 5.75 Å². The van der Waals surface area contributed by atoms with Crippen LogP contribution in [0.3, 0.4) is 0 Å². The Hall–Kier alpha value is -4.04. The van der Waals surface area contributed by atoms with Gasteiger partial charge in [0.15, 0.2) is 0 Å². The van der Waals surface area contributed by atoms with Gasteiger partial charge in [0, 0.05) is 11.4 Å². The highest BCUT2D eigenvalue weighted by Gasteiger charge is 2.34. The van der Waals surface area contributed by atoms with Crippen LogP contribution in [0.25, 0.3) is 0 Å². The van der Waals surface area contributed by atoms with Gasteiger partial charge in [-0.1, -0.05) is 88.0 Å². The highest BCUT2D eigenvalue weighted by Crippen LogP contribution is 2.37. The number of hydrogen-bond acceptors (Lipinski definition) is 6. The van der Waals surface area contributed by atoms with E-state index >= 15 is 0 Å². The topological polar surface area (TPSA) is 81.1 Å². The lowest BCUT2D eigenvalue weighted by Gasteiger charge is -2.28. The van der Waals surface area contributed by atoms with Gasteiger partial charge in [0.05, 0.1) is 5.57 Å². The summed E-state index contributed by atoms with van der Waals surface area (Å²) >= 11 is 1.57. The molecule has 0 saturated heterocycles. The Morgan fingerprint density at radius 3 is 2.44 bits per heavy atom. The smallest absolute Gasteiger partial charge is 0.255 e. The number of ether oxygens (including phenoxy) is 1. The van der Waals surface area contributed by atoms with E-state index in [1.54, 1.807) is 11.8 Å². The zero-order valence-corrected chi connectivity index (χ0v) is 25.3. The summed E-state index contributed by atoms with van der Waals surface area (Å²) in [6.45, 7) is 13.1. The maximum atomic E-state index is 13.7. The molecule has 1 aliphatic heterocycles. The minimum Gasteiger partial charge on any atom is -0.489 e. The Balaban J connectivity index is 1.40. The third kappa shape index (κ3) is 6.49. The average Bonchev–Trinajstić information content (AvgIpc) is 3.33. The van der Waals surface area contributed by atoms with Gasteiger partial charge in [0.2, 0.25) is 11.1 Å². The van der Waals surface area contributed by atoms with Crippen LogP contribution in [0, 0.1) is 6.92 Å². The minimum atomic E-state index is -0.450. The van der Waals surface area contributed by atoms with Crippen molar-refractivity contribution in [1.82, 2.24) is 14.8 Å². The molecule has 212 valence electrons. The second-order valence-electron chi connectivity index (χ2n) is 11.3. The summed E-state index contributed by atoms with van der Waals surface area (Å²) < 4.78 is 7.92. The van der Waals surface area contributed by atoms with Crippen LogP contribution >= 0.6 is 11.8 Å². The van der Waals surface area contributed by atoms with Crippen LogP contribution in [0.1, 0.15) is 62.9 Å². The number of amides is 1. The minimum absolute atomic E-state index is 0.117. The second kappa shape index (κ2) is 11.8. The van der Waals surface area contributed by atoms with E-state index in [1.807, 2.05) is 67.1 Å². The maximum Gasteiger partial charge on any atom is 0.255 e. The number of thioether (sulfide) groups is 1. The number of fused-ring (bicyclic) bond motifs is 1. The van der Waals surface area contributed by atoms with E-state index in [2.05, 4.69) is 67.6 Å². The number of aromatic nitrogens is 3. The first-order chi connectivity index (χ1) is 19.6. The first-order valence-corrected chi connectivity index (χ1v) is 14.9. The summed E-state index contributed by atoms with van der Waals surface area (Å²) in [6, 6.07) is 23.8. The molecule has 1 atom stereocenters. The number of allylic oxidation sites excluding steroid dienone is 1. The Labute approximate surface area is 246 Å². The van der Waals surface area contributed by atoms with E-state index in [0.29, 0.717) is 23.3 Å². The van der Waals surface area contributed by atoms with Crippen molar-refractivity contribution in [2.45, 2.75) is 64.8 Å². The van der Waals surface area contributed by atoms with E-state index in [-0.39, 0.29) is 11.3 Å². The fraction of sp³-hybridized carbons (Fsp3) is 0.303. The molecule has 4 aromatic rings. The van der Waals surface area contributed by atoms with E-state index in [0.717, 1.165) is 39.6 Å². The Morgan fingerprint density at radius 2 is 1.78 bits per heavy atom. The largest absolute Gasteiger partial charge is 0.489 e. The van der Waals surface area contributed by atoms with Crippen LogP contribution < -0.4 is 15.4 Å². The van der Waals surface area contributed by atoms with E-state index in [4.69, 9.17) is 9.84 Å². The maximum absolute atomic E-state index is 13.7. The molecule has 0 fully saturated rings. The van der Waals surface area contributed by atoms with Crippen LogP contribution in [0.4, 0.5) is 11.6 Å². The molecule has 2 N–H and O–H groups in total. The van der Waals surface area contributed by atoms with E-state index in [9.17, 15) is 4.79 Å². The fourth-order valence-electron chi connectivity index (χ4n) is 4.86. The molecule has 1 amide bonds. The van der Waals surface area contributed by atoms with Crippen LogP contribution in [0.15, 0.2) is 89.2 Å². The lowest BCUT2D eigenvalue weighted by atomic mass is 9.87. The number of benzene rings is 3. The summed E-state index contributed by atoms with van der Waals surface area (Å²) in [5.74, 6) is 2.05. The molecule has 5 rings (SSSR count). The number of carbonyl (C=O) groups is 1. The van der Waals surface area contributed by atoms with Crippen molar-refractivity contribution < 1.29 is 9.53 Å². The van der Waals surface area contributed by atoms with Crippen LogP contribution in [0.2, 0.25) is 0 Å². The molecule has 8 heteroatoms. The number of nitrogens with one attached hydrogen (secondary N) is 2. The van der Waals surface area contributed by atoms with E-state index in [1.165, 1.54) is 5.56 Å². The van der Waals surface area contributed by atoms with Gasteiger partial charge >= 0.3 is 0 Å². The van der Waals surface area contributed by atoms with Crippen molar-refractivity contribution in [1.29, 1.82) is 0 Å². The molecular formula is C33H37N5O2S. The van der Waals surface area contributed by atoms with Gasteiger partial charge in [-0.05, 0) is 71.5 Å². The molecule has 0 radical (unpaired) electrons. The van der Waals surface area contributed by atoms with Crippen LogP contribution in [-0.2, 0) is 16.8 Å². The van der Waals surface area contributed by atoms with Gasteiger partial charge in [-0.3, -0.25) is 4.79 Å². The monoisotopic (exact) mass is 567 g/mol. The first kappa shape index (κ1) is 28.5. The lowest BCUT2D eigenvalue weighted by molar-refractivity contribution is -0.113. The molecule has 2 heterocycles. The molecule has 1 aliphatic rings. The molecule has 1 aromatic heterocycles. The average molecular weight is 568 g/mol. The van der Waals surface area contributed by atoms with Gasteiger partial charge in [-0.2, -0.15) is 4.98 Å². The van der Waals surface area contributed by atoms with E-state index < -0.39 is 6.04 Å². The Bertz CT molecular complexity index is 1570. The molecule has 0 saturated carbocycles. The first-order valence-electron chi connectivity index (χ1n) is 13.9. The number of hydrogen-bond donors (Lipinski definition) is 2. The van der Waals surface area contributed by atoms with Crippen molar-refractivity contribution >= 4 is 29.3 Å². The molecule has 1 unspecified atom stereocenters. The summed E-state index contributed by atoms with van der Waals surface area (Å²) in [7, 11) is 0. The third-order valence-corrected chi connectivity index (χ3v) is 7.77. The van der Waals surface area contributed by atoms with Gasteiger partial charge < -0.3 is 15.4 Å². The SMILES string of the molecule is CCSc1nc2n(n1)C(c1ccc(OCc3ccc(C(C)(C)C)cc3)cc1)C(C(=O)Nc1cccc(C)c1)=C(C)N2. The standard InChI is InChI=1S/C33H37N5O2S/c1-7-41-32-36-31-34-22(3)28(30(39)35-26-10-8-9-21(2)19-26)29(38(31)37-32)24-13-17-27(18-14-24)40-20-23-11-15-25(16-12-23)33(4,5)6/h8-19,29H,7,20H2,1-6H3,(H,35,39)(H,34,36,37). The summed E-state index contributed by atoms with van der Waals surface area (Å²) in [5, 5.41) is 11.8. The third-order valence-electron chi connectivity index (χ3n) is 7.05. The molecule has 7 nitrogen and oxygen atoms in total. The second-order valence-corrected chi connectivity index (χ2v) is 12.5. The van der Waals surface area contributed by atoms with Crippen LogP contribution in [0.5, 0.6) is 5.75 Å². The fourth-order valence-corrected chi connectivity index (χ4v) is 5.41. The van der Waals surface area contributed by atoms with Crippen molar-refractivity contribution in [3.63, 3.8) is 0 Å². The predicted molar refractivity (Wildman–Crippen MR) is 167 cm³/mol.